The predicted octanol–water partition coefficient (Wildman–Crippen LogP) is 1.93. The zero-order valence-electron chi connectivity index (χ0n) is 7.84. The molecule has 2 nitrogen and oxygen atoms in total. The molecule has 72 valence electrons. The summed E-state index contributed by atoms with van der Waals surface area (Å²) < 4.78 is 12.7. The molecule has 0 saturated carbocycles. The van der Waals surface area contributed by atoms with Crippen LogP contribution in [0.15, 0.2) is 18.2 Å². The molecule has 0 fully saturated rings. The van der Waals surface area contributed by atoms with Crippen LogP contribution in [0.4, 0.5) is 10.1 Å². The van der Waals surface area contributed by atoms with Gasteiger partial charge in [-0.05, 0) is 37.6 Å². The standard InChI is InChI=1S/C10H14FNO/c1-7-5-9(11)3-4-10(7)12-6-8(2)13/h3-5,8,12-13H,6H2,1-2H3/t8-/m0/s1. The molecule has 0 amide bonds. The van der Waals surface area contributed by atoms with Crippen molar-refractivity contribution in [2.75, 3.05) is 11.9 Å². The quantitative estimate of drug-likeness (QED) is 0.750. The number of halogens is 1. The average molecular weight is 183 g/mol. The molecule has 2 N–H and O–H groups in total. The van der Waals surface area contributed by atoms with Crippen molar-refractivity contribution in [2.45, 2.75) is 20.0 Å². The molecule has 0 spiro atoms. The van der Waals surface area contributed by atoms with Gasteiger partial charge < -0.3 is 10.4 Å². The number of benzene rings is 1. The van der Waals surface area contributed by atoms with Crippen LogP contribution in [0.25, 0.3) is 0 Å². The lowest BCUT2D eigenvalue weighted by Gasteiger charge is -2.10. The Morgan fingerprint density at radius 3 is 2.77 bits per heavy atom. The van der Waals surface area contributed by atoms with Crippen LogP contribution < -0.4 is 5.32 Å². The smallest absolute Gasteiger partial charge is 0.123 e. The summed E-state index contributed by atoms with van der Waals surface area (Å²) in [7, 11) is 0. The van der Waals surface area contributed by atoms with Crippen LogP contribution in [-0.4, -0.2) is 17.8 Å². The van der Waals surface area contributed by atoms with Crippen molar-refractivity contribution in [1.82, 2.24) is 0 Å². The molecule has 1 atom stereocenters. The summed E-state index contributed by atoms with van der Waals surface area (Å²) in [6, 6.07) is 4.54. The minimum atomic E-state index is -0.399. The Hall–Kier alpha value is -1.09. The van der Waals surface area contributed by atoms with E-state index in [1.807, 2.05) is 6.92 Å². The predicted molar refractivity (Wildman–Crippen MR) is 51.3 cm³/mol. The molecule has 0 heterocycles. The van der Waals surface area contributed by atoms with Gasteiger partial charge in [0.2, 0.25) is 0 Å². The van der Waals surface area contributed by atoms with Gasteiger partial charge in [0.25, 0.3) is 0 Å². The Kier molecular flexibility index (Phi) is 3.25. The van der Waals surface area contributed by atoms with E-state index in [1.165, 1.54) is 12.1 Å². The van der Waals surface area contributed by atoms with Gasteiger partial charge in [-0.3, -0.25) is 0 Å². The highest BCUT2D eigenvalue weighted by atomic mass is 19.1. The first-order chi connectivity index (χ1) is 6.09. The lowest BCUT2D eigenvalue weighted by molar-refractivity contribution is 0.208. The third-order valence-electron chi connectivity index (χ3n) is 1.78. The molecule has 1 aromatic carbocycles. The SMILES string of the molecule is Cc1cc(F)ccc1NC[C@H](C)O. The molecule has 13 heavy (non-hydrogen) atoms. The van der Waals surface area contributed by atoms with Crippen LogP contribution in [0.2, 0.25) is 0 Å². The van der Waals surface area contributed by atoms with Gasteiger partial charge in [0.15, 0.2) is 0 Å². The first-order valence-electron chi connectivity index (χ1n) is 4.27. The molecule has 1 aromatic rings. The molecule has 0 aliphatic rings. The summed E-state index contributed by atoms with van der Waals surface area (Å²) in [6.45, 7) is 4.01. The number of nitrogens with one attached hydrogen (secondary N) is 1. The Morgan fingerprint density at radius 1 is 1.54 bits per heavy atom. The molecule has 0 radical (unpaired) electrons. The third kappa shape index (κ3) is 3.03. The van der Waals surface area contributed by atoms with Gasteiger partial charge in [-0.1, -0.05) is 0 Å². The van der Waals surface area contributed by atoms with E-state index in [9.17, 15) is 4.39 Å². The number of aryl methyl sites for hydroxylation is 1. The number of rotatable bonds is 3. The van der Waals surface area contributed by atoms with E-state index >= 15 is 0 Å². The van der Waals surface area contributed by atoms with E-state index in [2.05, 4.69) is 5.32 Å². The van der Waals surface area contributed by atoms with Crippen LogP contribution in [-0.2, 0) is 0 Å². The highest BCUT2D eigenvalue weighted by Gasteiger charge is 2.00. The molecule has 0 aromatic heterocycles. The Bertz CT molecular complexity index is 286. The van der Waals surface area contributed by atoms with Gasteiger partial charge in [0.05, 0.1) is 6.10 Å². The van der Waals surface area contributed by atoms with Crippen molar-refractivity contribution < 1.29 is 9.50 Å². The van der Waals surface area contributed by atoms with Crippen molar-refractivity contribution >= 4 is 5.69 Å². The van der Waals surface area contributed by atoms with Crippen LogP contribution >= 0.6 is 0 Å². The van der Waals surface area contributed by atoms with Gasteiger partial charge in [-0.25, -0.2) is 4.39 Å². The van der Waals surface area contributed by atoms with E-state index in [4.69, 9.17) is 5.11 Å². The van der Waals surface area contributed by atoms with Crippen LogP contribution in [0.1, 0.15) is 12.5 Å². The van der Waals surface area contributed by atoms with E-state index in [0.717, 1.165) is 11.3 Å². The first kappa shape index (κ1) is 9.99. The topological polar surface area (TPSA) is 32.3 Å². The van der Waals surface area contributed by atoms with Crippen molar-refractivity contribution in [3.8, 4) is 0 Å². The molecular formula is C10H14FNO. The van der Waals surface area contributed by atoms with Crippen molar-refractivity contribution in [3.63, 3.8) is 0 Å². The number of hydrogen-bond acceptors (Lipinski definition) is 2. The maximum absolute atomic E-state index is 12.7. The van der Waals surface area contributed by atoms with Gasteiger partial charge in [-0.15, -0.1) is 0 Å². The van der Waals surface area contributed by atoms with E-state index in [0.29, 0.717) is 6.54 Å². The average Bonchev–Trinajstić information content (AvgIpc) is 2.02. The second-order valence-corrected chi connectivity index (χ2v) is 3.19. The molecule has 1 rings (SSSR count). The number of anilines is 1. The first-order valence-corrected chi connectivity index (χ1v) is 4.27. The van der Waals surface area contributed by atoms with Gasteiger partial charge >= 0.3 is 0 Å². The fraction of sp³-hybridized carbons (Fsp3) is 0.400. The highest BCUT2D eigenvalue weighted by Crippen LogP contribution is 2.15. The molecule has 0 saturated heterocycles. The zero-order valence-corrected chi connectivity index (χ0v) is 7.84. The summed E-state index contributed by atoms with van der Waals surface area (Å²) in [5.74, 6) is -0.236. The van der Waals surface area contributed by atoms with Gasteiger partial charge in [0.1, 0.15) is 5.82 Å². The highest BCUT2D eigenvalue weighted by molar-refractivity contribution is 5.50. The fourth-order valence-corrected chi connectivity index (χ4v) is 1.08. The van der Waals surface area contributed by atoms with Crippen molar-refractivity contribution in [3.05, 3.63) is 29.6 Å². The van der Waals surface area contributed by atoms with E-state index in [1.54, 1.807) is 13.0 Å². The molecule has 0 unspecified atom stereocenters. The summed E-state index contributed by atoms with van der Waals surface area (Å²) in [5.41, 5.74) is 1.71. The minimum absolute atomic E-state index is 0.236. The van der Waals surface area contributed by atoms with Crippen LogP contribution in [0, 0.1) is 12.7 Å². The summed E-state index contributed by atoms with van der Waals surface area (Å²) in [6.07, 6.45) is -0.399. The third-order valence-corrected chi connectivity index (χ3v) is 1.78. The van der Waals surface area contributed by atoms with Gasteiger partial charge in [-0.2, -0.15) is 0 Å². The van der Waals surface area contributed by atoms with Crippen molar-refractivity contribution in [2.24, 2.45) is 0 Å². The molecule has 0 aliphatic carbocycles. The lowest BCUT2D eigenvalue weighted by Crippen LogP contribution is -2.15. The number of aliphatic hydroxyl groups excluding tert-OH is 1. The monoisotopic (exact) mass is 183 g/mol. The molecular weight excluding hydrogens is 169 g/mol. The number of aliphatic hydroxyl groups is 1. The molecule has 3 heteroatoms. The fourth-order valence-electron chi connectivity index (χ4n) is 1.08. The summed E-state index contributed by atoms with van der Waals surface area (Å²) in [5, 5.41) is 12.0. The number of hydrogen-bond donors (Lipinski definition) is 2. The Labute approximate surface area is 77.4 Å². The maximum atomic E-state index is 12.7. The molecule has 0 aliphatic heterocycles. The largest absolute Gasteiger partial charge is 0.392 e. The van der Waals surface area contributed by atoms with Gasteiger partial charge in [0, 0.05) is 12.2 Å². The van der Waals surface area contributed by atoms with Crippen LogP contribution in [0.3, 0.4) is 0 Å². The van der Waals surface area contributed by atoms with Crippen LogP contribution in [0.5, 0.6) is 0 Å². The maximum Gasteiger partial charge on any atom is 0.123 e. The van der Waals surface area contributed by atoms with E-state index in [-0.39, 0.29) is 5.82 Å². The second kappa shape index (κ2) is 4.23. The Balaban J connectivity index is 2.67. The second-order valence-electron chi connectivity index (χ2n) is 3.19. The van der Waals surface area contributed by atoms with E-state index < -0.39 is 6.10 Å². The Morgan fingerprint density at radius 2 is 2.23 bits per heavy atom. The minimum Gasteiger partial charge on any atom is -0.392 e. The normalized spacial score (nSPS) is 12.6. The van der Waals surface area contributed by atoms with Crippen molar-refractivity contribution in [1.29, 1.82) is 0 Å². The lowest BCUT2D eigenvalue weighted by atomic mass is 10.2. The summed E-state index contributed by atoms with van der Waals surface area (Å²) >= 11 is 0. The molecule has 0 bridgehead atoms. The summed E-state index contributed by atoms with van der Waals surface area (Å²) in [4.78, 5) is 0. The zero-order chi connectivity index (χ0) is 9.84.